The van der Waals surface area contributed by atoms with Gasteiger partial charge in [0.15, 0.2) is 0 Å². The lowest BCUT2D eigenvalue weighted by atomic mass is 10.1. The van der Waals surface area contributed by atoms with Crippen LogP contribution in [-0.4, -0.2) is 15.9 Å². The number of nitro benzene ring substituents is 1. The Morgan fingerprint density at radius 2 is 2.16 bits per heavy atom. The first-order valence-electron chi connectivity index (χ1n) is 5.36. The van der Waals surface area contributed by atoms with E-state index < -0.39 is 22.3 Å². The molecule has 0 bridgehead atoms. The van der Waals surface area contributed by atoms with Gasteiger partial charge in [0.2, 0.25) is 5.75 Å². The number of nitrogens with one attached hydrogen (secondary N) is 1. The lowest BCUT2D eigenvalue weighted by Gasteiger charge is -2.05. The number of amides is 1. The molecule has 0 aliphatic heterocycles. The zero-order valence-electron chi connectivity index (χ0n) is 9.70. The molecule has 6 nitrogen and oxygen atoms in total. The summed E-state index contributed by atoms with van der Waals surface area (Å²) in [6, 6.07) is 7.56. The van der Waals surface area contributed by atoms with E-state index in [9.17, 15) is 20.0 Å². The standard InChI is InChI=1S/C12H10N2O4S/c15-11-9(4-1-5-10(11)14(17)18)12(16)13-7-8-3-2-6-19-8/h1-6,15H,7H2,(H,13,16). The zero-order valence-corrected chi connectivity index (χ0v) is 10.5. The number of phenolic OH excluding ortho intramolecular Hbond substituents is 1. The van der Waals surface area contributed by atoms with Crippen molar-refractivity contribution < 1.29 is 14.8 Å². The van der Waals surface area contributed by atoms with Gasteiger partial charge in [-0.1, -0.05) is 12.1 Å². The van der Waals surface area contributed by atoms with E-state index in [2.05, 4.69) is 5.32 Å². The van der Waals surface area contributed by atoms with Crippen molar-refractivity contribution in [2.45, 2.75) is 6.54 Å². The average molecular weight is 278 g/mol. The van der Waals surface area contributed by atoms with Gasteiger partial charge >= 0.3 is 5.69 Å². The number of hydrogen-bond donors (Lipinski definition) is 2. The summed E-state index contributed by atoms with van der Waals surface area (Å²) in [6.07, 6.45) is 0. The Morgan fingerprint density at radius 1 is 1.37 bits per heavy atom. The van der Waals surface area contributed by atoms with Crippen LogP contribution in [0.4, 0.5) is 5.69 Å². The van der Waals surface area contributed by atoms with E-state index in [-0.39, 0.29) is 5.56 Å². The molecule has 1 heterocycles. The number of hydrogen-bond acceptors (Lipinski definition) is 5. The third kappa shape index (κ3) is 2.89. The maximum atomic E-state index is 11.8. The van der Waals surface area contributed by atoms with Crippen molar-refractivity contribution in [3.05, 3.63) is 56.3 Å². The molecule has 1 aromatic carbocycles. The van der Waals surface area contributed by atoms with Gasteiger partial charge in [0.05, 0.1) is 17.0 Å². The monoisotopic (exact) mass is 278 g/mol. The molecule has 7 heteroatoms. The minimum Gasteiger partial charge on any atom is -0.502 e. The molecule has 98 valence electrons. The number of carbonyl (C=O) groups is 1. The second kappa shape index (κ2) is 5.49. The fourth-order valence-electron chi connectivity index (χ4n) is 1.54. The Balaban J connectivity index is 2.15. The fourth-order valence-corrected chi connectivity index (χ4v) is 2.18. The van der Waals surface area contributed by atoms with Gasteiger partial charge in [-0.25, -0.2) is 0 Å². The molecule has 0 saturated carbocycles. The number of nitro groups is 1. The first kappa shape index (κ1) is 13.0. The molecule has 1 amide bonds. The third-order valence-corrected chi connectivity index (χ3v) is 3.34. The number of aromatic hydroxyl groups is 1. The van der Waals surface area contributed by atoms with Crippen molar-refractivity contribution in [2.75, 3.05) is 0 Å². The Hall–Kier alpha value is -2.41. The Bertz CT molecular complexity index is 610. The number of benzene rings is 1. The summed E-state index contributed by atoms with van der Waals surface area (Å²) in [5.41, 5.74) is -0.588. The number of thiophene rings is 1. The minimum absolute atomic E-state index is 0.106. The summed E-state index contributed by atoms with van der Waals surface area (Å²) in [5.74, 6) is -1.16. The highest BCUT2D eigenvalue weighted by atomic mass is 32.1. The molecular weight excluding hydrogens is 268 g/mol. The maximum Gasteiger partial charge on any atom is 0.311 e. The highest BCUT2D eigenvalue weighted by molar-refractivity contribution is 7.09. The van der Waals surface area contributed by atoms with Crippen molar-refractivity contribution in [3.8, 4) is 5.75 Å². The predicted molar refractivity (Wildman–Crippen MR) is 70.3 cm³/mol. The molecule has 0 aliphatic carbocycles. The molecule has 1 aromatic heterocycles. The van der Waals surface area contributed by atoms with Crippen LogP contribution in [0, 0.1) is 10.1 Å². The van der Waals surface area contributed by atoms with Gasteiger partial charge in [-0.3, -0.25) is 14.9 Å². The summed E-state index contributed by atoms with van der Waals surface area (Å²) < 4.78 is 0. The van der Waals surface area contributed by atoms with Crippen LogP contribution in [0.3, 0.4) is 0 Å². The van der Waals surface area contributed by atoms with E-state index in [4.69, 9.17) is 0 Å². The number of carbonyl (C=O) groups excluding carboxylic acids is 1. The molecule has 0 saturated heterocycles. The molecule has 0 atom stereocenters. The van der Waals surface area contributed by atoms with E-state index in [1.165, 1.54) is 23.5 Å². The van der Waals surface area contributed by atoms with Crippen molar-refractivity contribution in [1.29, 1.82) is 0 Å². The van der Waals surface area contributed by atoms with Gasteiger partial charge < -0.3 is 10.4 Å². The number of nitrogens with zero attached hydrogens (tertiary/aromatic N) is 1. The molecule has 19 heavy (non-hydrogen) atoms. The third-order valence-electron chi connectivity index (χ3n) is 2.46. The van der Waals surface area contributed by atoms with E-state index in [1.807, 2.05) is 17.5 Å². The first-order chi connectivity index (χ1) is 9.09. The van der Waals surface area contributed by atoms with E-state index in [0.29, 0.717) is 6.54 Å². The predicted octanol–water partition coefficient (Wildman–Crippen LogP) is 2.29. The zero-order chi connectivity index (χ0) is 13.8. The molecule has 0 spiro atoms. The van der Waals surface area contributed by atoms with E-state index in [0.717, 1.165) is 10.9 Å². The first-order valence-corrected chi connectivity index (χ1v) is 6.24. The quantitative estimate of drug-likeness (QED) is 0.663. The number of phenols is 1. The van der Waals surface area contributed by atoms with Crippen LogP contribution in [0.15, 0.2) is 35.7 Å². The van der Waals surface area contributed by atoms with Gasteiger partial charge in [0.1, 0.15) is 0 Å². The van der Waals surface area contributed by atoms with Gasteiger partial charge in [-0.2, -0.15) is 0 Å². The highest BCUT2D eigenvalue weighted by Crippen LogP contribution is 2.29. The summed E-state index contributed by atoms with van der Waals surface area (Å²) in [4.78, 5) is 22.7. The molecule has 0 fully saturated rings. The van der Waals surface area contributed by atoms with Crippen molar-refractivity contribution in [1.82, 2.24) is 5.32 Å². The van der Waals surface area contributed by atoms with Gasteiger partial charge in [-0.15, -0.1) is 11.3 Å². The Morgan fingerprint density at radius 3 is 2.79 bits per heavy atom. The van der Waals surface area contributed by atoms with Crippen molar-refractivity contribution in [3.63, 3.8) is 0 Å². The molecule has 0 unspecified atom stereocenters. The molecular formula is C12H10N2O4S. The smallest absolute Gasteiger partial charge is 0.311 e. The molecule has 0 aliphatic rings. The topological polar surface area (TPSA) is 92.5 Å². The van der Waals surface area contributed by atoms with Crippen LogP contribution in [-0.2, 0) is 6.54 Å². The van der Waals surface area contributed by atoms with Crippen LogP contribution in [0.2, 0.25) is 0 Å². The van der Waals surface area contributed by atoms with Crippen molar-refractivity contribution in [2.24, 2.45) is 0 Å². The second-order valence-electron chi connectivity index (χ2n) is 3.69. The van der Waals surface area contributed by atoms with Crippen LogP contribution in [0.1, 0.15) is 15.2 Å². The summed E-state index contributed by atoms with van der Waals surface area (Å²) in [7, 11) is 0. The lowest BCUT2D eigenvalue weighted by Crippen LogP contribution is -2.22. The number of rotatable bonds is 4. The number of para-hydroxylation sites is 1. The van der Waals surface area contributed by atoms with Gasteiger partial charge in [0.25, 0.3) is 5.91 Å². The largest absolute Gasteiger partial charge is 0.502 e. The Kier molecular flexibility index (Phi) is 3.76. The maximum absolute atomic E-state index is 11.8. The van der Waals surface area contributed by atoms with Crippen LogP contribution >= 0.6 is 11.3 Å². The van der Waals surface area contributed by atoms with Crippen molar-refractivity contribution >= 4 is 22.9 Å². The normalized spacial score (nSPS) is 10.1. The molecule has 0 radical (unpaired) electrons. The van der Waals surface area contributed by atoms with Crippen LogP contribution < -0.4 is 5.32 Å². The summed E-state index contributed by atoms with van der Waals surface area (Å²) in [6.45, 7) is 0.318. The molecule has 2 N–H and O–H groups in total. The second-order valence-corrected chi connectivity index (χ2v) is 4.72. The fraction of sp³-hybridized carbons (Fsp3) is 0.0833. The summed E-state index contributed by atoms with van der Waals surface area (Å²) in [5, 5.41) is 24.8. The SMILES string of the molecule is O=C(NCc1cccs1)c1cccc([N+](=O)[O-])c1O. The Labute approximate surface area is 112 Å². The van der Waals surface area contributed by atoms with Gasteiger partial charge in [-0.05, 0) is 17.5 Å². The summed E-state index contributed by atoms with van der Waals surface area (Å²) >= 11 is 1.49. The molecule has 2 rings (SSSR count). The average Bonchev–Trinajstić information content (AvgIpc) is 2.89. The van der Waals surface area contributed by atoms with Crippen LogP contribution in [0.25, 0.3) is 0 Å². The van der Waals surface area contributed by atoms with Crippen LogP contribution in [0.5, 0.6) is 5.75 Å². The minimum atomic E-state index is -0.731. The van der Waals surface area contributed by atoms with E-state index >= 15 is 0 Å². The molecule has 2 aromatic rings. The van der Waals surface area contributed by atoms with Gasteiger partial charge in [0, 0.05) is 10.9 Å². The van der Waals surface area contributed by atoms with E-state index in [1.54, 1.807) is 0 Å². The lowest BCUT2D eigenvalue weighted by molar-refractivity contribution is -0.385. The highest BCUT2D eigenvalue weighted by Gasteiger charge is 2.20.